The zero-order valence-corrected chi connectivity index (χ0v) is 23.5. The van der Waals surface area contributed by atoms with Gasteiger partial charge in [0.05, 0.1) is 22.3 Å². The van der Waals surface area contributed by atoms with Gasteiger partial charge in [-0.3, -0.25) is 14.2 Å². The number of nitrogens with one attached hydrogen (secondary N) is 2. The molecule has 10 nitrogen and oxygen atoms in total. The molecule has 5 aromatic rings. The molecular formula is C32H26ClN5O5. The molecule has 0 bridgehead atoms. The number of hydrogen-bond acceptors (Lipinski definition) is 6. The molecule has 4 aromatic carbocycles. The van der Waals surface area contributed by atoms with Gasteiger partial charge in [0.15, 0.2) is 6.61 Å². The Morgan fingerprint density at radius 1 is 1.05 bits per heavy atom. The SMILES string of the molecule is O=C(NN=Cc1ccc(OCC(=O)N2CC=C(n3c(=O)[nH]c4ccccc43)CC2)c2ccccc12)c1ccc(O)c(Cl)c1. The van der Waals surface area contributed by atoms with Gasteiger partial charge in [-0.15, -0.1) is 0 Å². The van der Waals surface area contributed by atoms with Crippen LogP contribution in [0, 0.1) is 0 Å². The third-order valence-electron chi connectivity index (χ3n) is 7.26. The molecule has 0 saturated carbocycles. The third kappa shape index (κ3) is 5.73. The number of imidazole rings is 1. The minimum atomic E-state index is -0.478. The number of carbonyl (C=O) groups is 2. The molecule has 3 N–H and O–H groups in total. The van der Waals surface area contributed by atoms with Crippen LogP contribution in [0.5, 0.6) is 11.5 Å². The van der Waals surface area contributed by atoms with Crippen LogP contribution in [0.1, 0.15) is 22.3 Å². The van der Waals surface area contributed by atoms with E-state index in [1.54, 1.807) is 21.6 Å². The second-order valence-electron chi connectivity index (χ2n) is 9.92. The highest BCUT2D eigenvalue weighted by Gasteiger charge is 2.21. The van der Waals surface area contributed by atoms with Crippen molar-refractivity contribution in [1.29, 1.82) is 0 Å². The molecule has 2 heterocycles. The number of fused-ring (bicyclic) bond motifs is 2. The van der Waals surface area contributed by atoms with Gasteiger partial charge in [-0.05, 0) is 53.9 Å². The van der Waals surface area contributed by atoms with Gasteiger partial charge in [0, 0.05) is 41.7 Å². The number of hydrogen-bond donors (Lipinski definition) is 3. The van der Waals surface area contributed by atoms with E-state index in [0.29, 0.717) is 25.3 Å². The largest absolute Gasteiger partial charge is 0.506 e. The molecule has 0 unspecified atom stereocenters. The van der Waals surface area contributed by atoms with Gasteiger partial charge in [0.1, 0.15) is 11.5 Å². The number of halogens is 1. The number of amides is 2. The Kier molecular flexibility index (Phi) is 7.67. The van der Waals surface area contributed by atoms with Gasteiger partial charge in [0.2, 0.25) is 0 Å². The Hall–Kier alpha value is -5.35. The number of aromatic nitrogens is 2. The van der Waals surface area contributed by atoms with E-state index in [9.17, 15) is 19.5 Å². The zero-order chi connectivity index (χ0) is 29.9. The van der Waals surface area contributed by atoms with Crippen molar-refractivity contribution in [3.8, 4) is 11.5 Å². The maximum absolute atomic E-state index is 13.0. The molecule has 0 aliphatic carbocycles. The average Bonchev–Trinajstić information content (AvgIpc) is 3.37. The molecule has 216 valence electrons. The summed E-state index contributed by atoms with van der Waals surface area (Å²) in [5.74, 6) is -0.205. The summed E-state index contributed by atoms with van der Waals surface area (Å²) >= 11 is 5.89. The van der Waals surface area contributed by atoms with Crippen molar-refractivity contribution in [2.45, 2.75) is 6.42 Å². The number of phenolic OH excluding ortho intramolecular Hbond substituents is 1. The minimum Gasteiger partial charge on any atom is -0.506 e. The second kappa shape index (κ2) is 11.9. The Labute approximate surface area is 250 Å². The van der Waals surface area contributed by atoms with Crippen LogP contribution in [0.3, 0.4) is 0 Å². The van der Waals surface area contributed by atoms with Gasteiger partial charge in [-0.2, -0.15) is 5.10 Å². The summed E-state index contributed by atoms with van der Waals surface area (Å²) in [5, 5.41) is 15.3. The predicted molar refractivity (Wildman–Crippen MR) is 166 cm³/mol. The summed E-state index contributed by atoms with van der Waals surface area (Å²) < 4.78 is 7.63. The van der Waals surface area contributed by atoms with E-state index >= 15 is 0 Å². The molecule has 0 spiro atoms. The highest BCUT2D eigenvalue weighted by atomic mass is 35.5. The van der Waals surface area contributed by atoms with Gasteiger partial charge >= 0.3 is 5.69 Å². The molecule has 1 aromatic heterocycles. The predicted octanol–water partition coefficient (Wildman–Crippen LogP) is 4.76. The van der Waals surface area contributed by atoms with Gasteiger partial charge in [-0.1, -0.05) is 48.0 Å². The van der Waals surface area contributed by atoms with E-state index in [1.165, 1.54) is 24.4 Å². The van der Waals surface area contributed by atoms with E-state index in [-0.39, 0.29) is 34.5 Å². The first-order valence-corrected chi connectivity index (χ1v) is 13.9. The maximum Gasteiger partial charge on any atom is 0.330 e. The molecule has 0 radical (unpaired) electrons. The topological polar surface area (TPSA) is 129 Å². The number of carbonyl (C=O) groups excluding carboxylic acids is 2. The van der Waals surface area contributed by atoms with Crippen LogP contribution in [0.15, 0.2) is 94.8 Å². The third-order valence-corrected chi connectivity index (χ3v) is 7.57. The first-order valence-electron chi connectivity index (χ1n) is 13.5. The smallest absolute Gasteiger partial charge is 0.330 e. The highest BCUT2D eigenvalue weighted by molar-refractivity contribution is 6.32. The Bertz CT molecular complexity index is 1990. The molecule has 43 heavy (non-hydrogen) atoms. The molecule has 0 saturated heterocycles. The molecule has 0 atom stereocenters. The second-order valence-corrected chi connectivity index (χ2v) is 10.3. The fourth-order valence-electron chi connectivity index (χ4n) is 5.07. The van der Waals surface area contributed by atoms with Gasteiger partial charge in [0.25, 0.3) is 11.8 Å². The van der Waals surface area contributed by atoms with Crippen LogP contribution < -0.4 is 15.9 Å². The Morgan fingerprint density at radius 3 is 2.63 bits per heavy atom. The number of ether oxygens (including phenoxy) is 1. The Morgan fingerprint density at radius 2 is 1.84 bits per heavy atom. The summed E-state index contributed by atoms with van der Waals surface area (Å²) in [6, 6.07) is 22.8. The number of benzene rings is 4. The van der Waals surface area contributed by atoms with Gasteiger partial charge in [-0.25, -0.2) is 10.2 Å². The summed E-state index contributed by atoms with van der Waals surface area (Å²) in [5.41, 5.74) is 5.70. The number of aromatic hydroxyl groups is 1. The standard InChI is InChI=1S/C32H26ClN5O5/c33-25-17-20(9-11-28(25)39)31(41)36-34-18-21-10-12-29(24-6-2-1-5-23(21)24)43-19-30(40)37-15-13-22(14-16-37)38-27-8-4-3-7-26(27)35-32(38)42/h1-13,17-18,39H,14-16,19H2,(H,35,42)(H,36,41). The lowest BCUT2D eigenvalue weighted by Gasteiger charge is -2.27. The summed E-state index contributed by atoms with van der Waals surface area (Å²) in [6.07, 6.45) is 3.97. The number of aromatic amines is 1. The van der Waals surface area contributed by atoms with E-state index < -0.39 is 5.91 Å². The fourth-order valence-corrected chi connectivity index (χ4v) is 5.25. The van der Waals surface area contributed by atoms with Crippen molar-refractivity contribution in [3.05, 3.63) is 112 Å². The molecule has 11 heteroatoms. The zero-order valence-electron chi connectivity index (χ0n) is 22.8. The van der Waals surface area contributed by atoms with Crippen molar-refractivity contribution in [2.24, 2.45) is 5.10 Å². The van der Waals surface area contributed by atoms with Crippen LogP contribution in [-0.4, -0.2) is 57.3 Å². The number of hydrazone groups is 1. The van der Waals surface area contributed by atoms with E-state index in [4.69, 9.17) is 16.3 Å². The molecule has 1 aliphatic rings. The van der Waals surface area contributed by atoms with E-state index in [2.05, 4.69) is 15.5 Å². The summed E-state index contributed by atoms with van der Waals surface area (Å²) in [7, 11) is 0. The van der Waals surface area contributed by atoms with Crippen LogP contribution in [0.4, 0.5) is 0 Å². The number of para-hydroxylation sites is 2. The molecule has 0 fully saturated rings. The normalized spacial score (nSPS) is 13.4. The monoisotopic (exact) mass is 595 g/mol. The molecular weight excluding hydrogens is 570 g/mol. The van der Waals surface area contributed by atoms with E-state index in [0.717, 1.165) is 33.1 Å². The number of H-pyrrole nitrogens is 1. The average molecular weight is 596 g/mol. The molecule has 6 rings (SSSR count). The molecule has 2 amide bonds. The van der Waals surface area contributed by atoms with Crippen molar-refractivity contribution >= 4 is 57.1 Å². The van der Waals surface area contributed by atoms with Crippen LogP contribution in [0.2, 0.25) is 5.02 Å². The lowest BCUT2D eigenvalue weighted by Crippen LogP contribution is -2.38. The van der Waals surface area contributed by atoms with Gasteiger partial charge < -0.3 is 19.7 Å². The summed E-state index contributed by atoms with van der Waals surface area (Å²) in [6.45, 7) is 0.707. The lowest BCUT2D eigenvalue weighted by atomic mass is 10.0. The maximum atomic E-state index is 13.0. The quantitative estimate of drug-likeness (QED) is 0.185. The first kappa shape index (κ1) is 27.8. The highest BCUT2D eigenvalue weighted by Crippen LogP contribution is 2.28. The number of rotatable bonds is 7. The van der Waals surface area contributed by atoms with Crippen LogP contribution in [-0.2, 0) is 4.79 Å². The number of nitrogens with zero attached hydrogens (tertiary/aromatic N) is 3. The van der Waals surface area contributed by atoms with Crippen molar-refractivity contribution in [1.82, 2.24) is 19.9 Å². The number of phenols is 1. The lowest BCUT2D eigenvalue weighted by molar-refractivity contribution is -0.132. The van der Waals surface area contributed by atoms with Crippen molar-refractivity contribution in [3.63, 3.8) is 0 Å². The molecule has 1 aliphatic heterocycles. The van der Waals surface area contributed by atoms with Crippen molar-refractivity contribution in [2.75, 3.05) is 19.7 Å². The van der Waals surface area contributed by atoms with Crippen LogP contribution >= 0.6 is 11.6 Å². The van der Waals surface area contributed by atoms with E-state index in [1.807, 2.05) is 54.6 Å². The minimum absolute atomic E-state index is 0.0699. The fraction of sp³-hybridized carbons (Fsp3) is 0.125. The Balaban J connectivity index is 1.11. The first-order chi connectivity index (χ1) is 20.9. The van der Waals surface area contributed by atoms with Crippen LogP contribution in [0.25, 0.3) is 27.5 Å². The summed E-state index contributed by atoms with van der Waals surface area (Å²) in [4.78, 5) is 42.5. The van der Waals surface area contributed by atoms with Crippen molar-refractivity contribution < 1.29 is 19.4 Å².